The van der Waals surface area contributed by atoms with Gasteiger partial charge in [0.1, 0.15) is 0 Å². The molecule has 3 unspecified atom stereocenters. The highest BCUT2D eigenvalue weighted by Gasteiger charge is 2.37. The molecule has 1 aromatic carbocycles. The van der Waals surface area contributed by atoms with Crippen molar-refractivity contribution in [2.45, 2.75) is 36.1 Å². The Morgan fingerprint density at radius 1 is 1.10 bits per heavy atom. The molecule has 3 aliphatic rings. The number of hydrogen-bond donors (Lipinski definition) is 0. The van der Waals surface area contributed by atoms with Crippen molar-refractivity contribution in [2.24, 2.45) is 0 Å². The minimum atomic E-state index is -0.661. The zero-order valence-electron chi connectivity index (χ0n) is 11.3. The summed E-state index contributed by atoms with van der Waals surface area (Å²) >= 11 is 0. The summed E-state index contributed by atoms with van der Waals surface area (Å²) in [7, 11) is -0.661. The molecule has 0 radical (unpaired) electrons. The molecule has 0 aliphatic carbocycles. The van der Waals surface area contributed by atoms with Gasteiger partial charge in [-0.1, -0.05) is 30.3 Å². The Balaban J connectivity index is 1.72. The van der Waals surface area contributed by atoms with Gasteiger partial charge in [0.15, 0.2) is 6.29 Å². The number of benzene rings is 1. The lowest BCUT2D eigenvalue weighted by Crippen LogP contribution is -2.20. The molecular weight excluding hydrogens is 272 g/mol. The van der Waals surface area contributed by atoms with E-state index in [1.807, 2.05) is 6.07 Å². The molecule has 1 aromatic rings. The van der Waals surface area contributed by atoms with Gasteiger partial charge < -0.3 is 9.47 Å². The molecule has 2 bridgehead atoms. The molecule has 3 heterocycles. The summed E-state index contributed by atoms with van der Waals surface area (Å²) in [6.45, 7) is 1.32. The van der Waals surface area contributed by atoms with Crippen LogP contribution in [0.3, 0.4) is 0 Å². The van der Waals surface area contributed by atoms with Crippen molar-refractivity contribution in [1.82, 2.24) is 0 Å². The summed E-state index contributed by atoms with van der Waals surface area (Å²) in [6.07, 6.45) is 5.08. The quantitative estimate of drug-likeness (QED) is 0.840. The van der Waals surface area contributed by atoms with E-state index in [1.165, 1.54) is 11.1 Å². The van der Waals surface area contributed by atoms with E-state index in [4.69, 9.17) is 9.47 Å². The highest BCUT2D eigenvalue weighted by Crippen LogP contribution is 2.41. The molecule has 0 amide bonds. The molecule has 3 atom stereocenters. The van der Waals surface area contributed by atoms with E-state index in [0.717, 1.165) is 24.8 Å². The third kappa shape index (κ3) is 2.07. The van der Waals surface area contributed by atoms with Crippen molar-refractivity contribution in [3.63, 3.8) is 0 Å². The summed E-state index contributed by atoms with van der Waals surface area (Å²) < 4.78 is 23.4. The Hall–Kier alpha value is -0.970. The molecular formula is C16H18O3S. The Morgan fingerprint density at radius 3 is 2.70 bits per heavy atom. The standard InChI is InChI=1S/C16H18O3S/c17-20-12-5-6-13(20)10-11(9-12)14-3-1-2-4-15(14)16-18-7-8-19-16/h1-4,9,12-13,16H,5-8,10H2. The molecule has 2 fully saturated rings. The third-order valence-corrected chi connectivity index (χ3v) is 6.45. The van der Waals surface area contributed by atoms with Crippen LogP contribution in [0.15, 0.2) is 30.3 Å². The SMILES string of the molecule is O=S1C2C=C(c3ccccc3C3OCCO3)CC1CC2. The number of allylic oxidation sites excluding steroid dienone is 1. The molecule has 4 heteroatoms. The van der Waals surface area contributed by atoms with Gasteiger partial charge in [0.25, 0.3) is 0 Å². The molecule has 4 rings (SSSR count). The number of hydrogen-bond acceptors (Lipinski definition) is 3. The highest BCUT2D eigenvalue weighted by atomic mass is 32.2. The van der Waals surface area contributed by atoms with Gasteiger partial charge in [0.05, 0.1) is 18.5 Å². The molecule has 0 spiro atoms. The predicted octanol–water partition coefficient (Wildman–Crippen LogP) is 2.80. The van der Waals surface area contributed by atoms with Gasteiger partial charge in [-0.15, -0.1) is 0 Å². The van der Waals surface area contributed by atoms with Crippen LogP contribution in [-0.4, -0.2) is 27.9 Å². The zero-order valence-corrected chi connectivity index (χ0v) is 12.1. The van der Waals surface area contributed by atoms with Gasteiger partial charge in [-0.05, 0) is 30.4 Å². The normalized spacial score (nSPS) is 33.4. The number of ether oxygens (including phenoxy) is 2. The maximum Gasteiger partial charge on any atom is 0.184 e. The molecule has 20 heavy (non-hydrogen) atoms. The fourth-order valence-corrected chi connectivity index (χ4v) is 5.31. The zero-order chi connectivity index (χ0) is 13.5. The lowest BCUT2D eigenvalue weighted by molar-refractivity contribution is -0.0443. The Bertz CT molecular complexity index is 575. The van der Waals surface area contributed by atoms with Crippen molar-refractivity contribution in [2.75, 3.05) is 13.2 Å². The maximum absolute atomic E-state index is 12.1. The molecule has 0 saturated carbocycles. The van der Waals surface area contributed by atoms with Crippen LogP contribution in [0.4, 0.5) is 0 Å². The van der Waals surface area contributed by atoms with Crippen LogP contribution >= 0.6 is 0 Å². The van der Waals surface area contributed by atoms with Gasteiger partial charge in [0, 0.05) is 21.6 Å². The van der Waals surface area contributed by atoms with E-state index in [9.17, 15) is 4.21 Å². The first-order valence-corrected chi connectivity index (χ1v) is 8.53. The molecule has 2 saturated heterocycles. The van der Waals surface area contributed by atoms with E-state index < -0.39 is 10.8 Å². The number of fused-ring (bicyclic) bond motifs is 2. The summed E-state index contributed by atoms with van der Waals surface area (Å²) in [5, 5.41) is 0.598. The van der Waals surface area contributed by atoms with E-state index in [2.05, 4.69) is 24.3 Å². The lowest BCUT2D eigenvalue weighted by atomic mass is 9.95. The third-order valence-electron chi connectivity index (χ3n) is 4.42. The Labute approximate surface area is 121 Å². The second kappa shape index (κ2) is 5.10. The van der Waals surface area contributed by atoms with Gasteiger partial charge in [0.2, 0.25) is 0 Å². The van der Waals surface area contributed by atoms with Crippen molar-refractivity contribution >= 4 is 16.4 Å². The van der Waals surface area contributed by atoms with Crippen LogP contribution < -0.4 is 0 Å². The average Bonchev–Trinajstić information content (AvgIpc) is 3.06. The van der Waals surface area contributed by atoms with E-state index in [1.54, 1.807) is 0 Å². The minimum absolute atomic E-state index is 0.239. The molecule has 3 nitrogen and oxygen atoms in total. The van der Waals surface area contributed by atoms with Gasteiger partial charge in [-0.2, -0.15) is 0 Å². The van der Waals surface area contributed by atoms with E-state index in [-0.39, 0.29) is 11.5 Å². The maximum atomic E-state index is 12.1. The van der Waals surface area contributed by atoms with Crippen LogP contribution in [0, 0.1) is 0 Å². The Morgan fingerprint density at radius 2 is 1.90 bits per heavy atom. The lowest BCUT2D eigenvalue weighted by Gasteiger charge is -2.22. The molecule has 0 aromatic heterocycles. The summed E-state index contributed by atoms with van der Waals surface area (Å²) in [4.78, 5) is 0. The van der Waals surface area contributed by atoms with Crippen molar-refractivity contribution in [3.8, 4) is 0 Å². The first kappa shape index (κ1) is 12.7. The highest BCUT2D eigenvalue weighted by molar-refractivity contribution is 7.86. The predicted molar refractivity (Wildman–Crippen MR) is 78.6 cm³/mol. The first-order chi connectivity index (χ1) is 9.83. The van der Waals surface area contributed by atoms with Crippen LogP contribution in [-0.2, 0) is 20.3 Å². The molecule has 106 valence electrons. The number of rotatable bonds is 2. The summed E-state index contributed by atoms with van der Waals surface area (Å²) in [6, 6.07) is 8.31. The first-order valence-electron chi connectivity index (χ1n) is 7.25. The fraction of sp³-hybridized carbons (Fsp3) is 0.500. The van der Waals surface area contributed by atoms with Crippen molar-refractivity contribution < 1.29 is 13.7 Å². The monoisotopic (exact) mass is 290 g/mol. The second-order valence-corrected chi connectivity index (χ2v) is 7.55. The van der Waals surface area contributed by atoms with Crippen molar-refractivity contribution in [1.29, 1.82) is 0 Å². The van der Waals surface area contributed by atoms with Crippen LogP contribution in [0.1, 0.15) is 36.7 Å². The molecule has 3 aliphatic heterocycles. The second-order valence-electron chi connectivity index (χ2n) is 5.62. The van der Waals surface area contributed by atoms with E-state index in [0.29, 0.717) is 18.5 Å². The van der Waals surface area contributed by atoms with Crippen molar-refractivity contribution in [3.05, 3.63) is 41.5 Å². The average molecular weight is 290 g/mol. The van der Waals surface area contributed by atoms with Gasteiger partial charge in [-0.25, -0.2) is 0 Å². The van der Waals surface area contributed by atoms with Crippen LogP contribution in [0.2, 0.25) is 0 Å². The topological polar surface area (TPSA) is 35.5 Å². The largest absolute Gasteiger partial charge is 0.346 e. The minimum Gasteiger partial charge on any atom is -0.346 e. The fourth-order valence-electron chi connectivity index (χ4n) is 3.43. The van der Waals surface area contributed by atoms with Gasteiger partial charge >= 0.3 is 0 Å². The van der Waals surface area contributed by atoms with E-state index >= 15 is 0 Å². The van der Waals surface area contributed by atoms with Crippen LogP contribution in [0.5, 0.6) is 0 Å². The van der Waals surface area contributed by atoms with Gasteiger partial charge in [-0.3, -0.25) is 4.21 Å². The summed E-state index contributed by atoms with van der Waals surface area (Å²) in [5.41, 5.74) is 3.66. The molecule has 0 N–H and O–H groups in total. The Kier molecular flexibility index (Phi) is 3.25. The summed E-state index contributed by atoms with van der Waals surface area (Å²) in [5.74, 6) is 0. The smallest absolute Gasteiger partial charge is 0.184 e. The van der Waals surface area contributed by atoms with Crippen LogP contribution in [0.25, 0.3) is 5.57 Å².